The lowest BCUT2D eigenvalue weighted by Gasteiger charge is -2.38. The number of nitrogens with one attached hydrogen (secondary N) is 1. The number of rotatable bonds is 7. The molecule has 1 unspecified atom stereocenters. The van der Waals surface area contributed by atoms with Crippen molar-refractivity contribution in [1.82, 2.24) is 19.9 Å². The van der Waals surface area contributed by atoms with E-state index in [4.69, 9.17) is 4.74 Å². The molecule has 0 bridgehead atoms. The SMILES string of the molecule is COc1ccc(-c2cncnc2)cc1C(C)(C)CC(O)(Cc1cc2ccncc2[nH]1)C(F)(F)F. The molecule has 0 fully saturated rings. The van der Waals surface area contributed by atoms with Gasteiger partial charge in [0.05, 0.1) is 18.8 Å². The minimum atomic E-state index is -4.86. The fourth-order valence-corrected chi connectivity index (χ4v) is 4.40. The Bertz CT molecular complexity index is 1260. The zero-order chi connectivity index (χ0) is 24.6. The number of H-pyrrole nitrogens is 1. The molecule has 0 aliphatic rings. The first-order chi connectivity index (χ1) is 16.0. The predicted octanol–water partition coefficient (Wildman–Crippen LogP) is 5.23. The van der Waals surface area contributed by atoms with E-state index in [1.165, 1.54) is 13.4 Å². The number of aromatic nitrogens is 4. The van der Waals surface area contributed by atoms with Crippen molar-refractivity contribution in [2.75, 3.05) is 7.11 Å². The summed E-state index contributed by atoms with van der Waals surface area (Å²) in [6.07, 6.45) is 1.70. The van der Waals surface area contributed by atoms with Crippen LogP contribution in [0, 0.1) is 0 Å². The predicted molar refractivity (Wildman–Crippen MR) is 122 cm³/mol. The van der Waals surface area contributed by atoms with E-state index in [0.29, 0.717) is 16.8 Å². The normalized spacial score (nSPS) is 14.2. The van der Waals surface area contributed by atoms with Gasteiger partial charge in [-0.3, -0.25) is 4.98 Å². The number of aromatic amines is 1. The van der Waals surface area contributed by atoms with Crippen LogP contribution in [0.2, 0.25) is 0 Å². The Balaban J connectivity index is 1.72. The van der Waals surface area contributed by atoms with E-state index < -0.39 is 30.0 Å². The maximum Gasteiger partial charge on any atom is 0.417 e. The Kier molecular flexibility index (Phi) is 6.07. The minimum absolute atomic E-state index is 0.278. The first kappa shape index (κ1) is 23.7. The highest BCUT2D eigenvalue weighted by Crippen LogP contribution is 2.45. The van der Waals surface area contributed by atoms with Crippen molar-refractivity contribution in [3.05, 3.63) is 72.7 Å². The van der Waals surface area contributed by atoms with E-state index in [1.807, 2.05) is 0 Å². The Morgan fingerprint density at radius 2 is 1.71 bits per heavy atom. The summed E-state index contributed by atoms with van der Waals surface area (Å²) < 4.78 is 48.4. The van der Waals surface area contributed by atoms with Gasteiger partial charge in [0.25, 0.3) is 0 Å². The number of pyridine rings is 1. The fourth-order valence-electron chi connectivity index (χ4n) is 4.40. The molecule has 2 N–H and O–H groups in total. The quantitative estimate of drug-likeness (QED) is 0.386. The lowest BCUT2D eigenvalue weighted by Crippen LogP contribution is -2.51. The number of benzene rings is 1. The van der Waals surface area contributed by atoms with Gasteiger partial charge < -0.3 is 14.8 Å². The van der Waals surface area contributed by atoms with Crippen LogP contribution in [0.3, 0.4) is 0 Å². The molecule has 3 aromatic heterocycles. The summed E-state index contributed by atoms with van der Waals surface area (Å²) in [5.74, 6) is 0.437. The number of aliphatic hydroxyl groups is 1. The molecular weight excluding hydrogens is 445 g/mol. The number of nitrogens with zero attached hydrogens (tertiary/aromatic N) is 3. The average Bonchev–Trinajstić information content (AvgIpc) is 3.20. The summed E-state index contributed by atoms with van der Waals surface area (Å²) in [6.45, 7) is 3.34. The standard InChI is InChI=1S/C25H25F3N4O2/c1-23(2,20-9-16(4-5-22(20)34-3)18-11-30-15-31-12-18)14-24(33,25(26,27)28)10-19-8-17-6-7-29-13-21(17)32-19/h4-9,11-13,15,32-33H,10,14H2,1-3H3. The zero-order valence-corrected chi connectivity index (χ0v) is 19.0. The van der Waals surface area contributed by atoms with Crippen molar-refractivity contribution in [2.45, 2.75) is 43.9 Å². The molecule has 0 radical (unpaired) electrons. The third-order valence-corrected chi connectivity index (χ3v) is 6.05. The molecule has 0 spiro atoms. The lowest BCUT2D eigenvalue weighted by atomic mass is 9.72. The molecule has 178 valence electrons. The van der Waals surface area contributed by atoms with Gasteiger partial charge in [0.2, 0.25) is 0 Å². The number of hydrogen-bond donors (Lipinski definition) is 2. The lowest BCUT2D eigenvalue weighted by molar-refractivity contribution is -0.266. The van der Waals surface area contributed by atoms with Gasteiger partial charge in [0, 0.05) is 47.2 Å². The Labute approximate surface area is 194 Å². The van der Waals surface area contributed by atoms with Crippen molar-refractivity contribution in [1.29, 1.82) is 0 Å². The van der Waals surface area contributed by atoms with Crippen LogP contribution in [-0.2, 0) is 11.8 Å². The molecule has 4 rings (SSSR count). The molecule has 0 amide bonds. The van der Waals surface area contributed by atoms with E-state index in [2.05, 4.69) is 19.9 Å². The minimum Gasteiger partial charge on any atom is -0.496 e. The summed E-state index contributed by atoms with van der Waals surface area (Å²) >= 11 is 0. The highest BCUT2D eigenvalue weighted by atomic mass is 19.4. The van der Waals surface area contributed by atoms with E-state index in [9.17, 15) is 18.3 Å². The second-order valence-corrected chi connectivity index (χ2v) is 9.07. The molecule has 0 aliphatic heterocycles. The van der Waals surface area contributed by atoms with Crippen LogP contribution in [0.5, 0.6) is 5.75 Å². The maximum absolute atomic E-state index is 14.3. The third kappa shape index (κ3) is 4.61. The Hall–Kier alpha value is -3.46. The molecule has 1 aromatic carbocycles. The van der Waals surface area contributed by atoms with Gasteiger partial charge in [0.1, 0.15) is 12.1 Å². The number of fused-ring (bicyclic) bond motifs is 1. The summed E-state index contributed by atoms with van der Waals surface area (Å²) in [4.78, 5) is 15.0. The van der Waals surface area contributed by atoms with Crippen LogP contribution < -0.4 is 4.74 Å². The van der Waals surface area contributed by atoms with Gasteiger partial charge in [-0.25, -0.2) is 9.97 Å². The van der Waals surface area contributed by atoms with Crippen LogP contribution in [0.15, 0.2) is 61.4 Å². The van der Waals surface area contributed by atoms with Gasteiger partial charge in [-0.1, -0.05) is 19.9 Å². The molecule has 0 aliphatic carbocycles. The van der Waals surface area contributed by atoms with Crippen LogP contribution in [-0.4, -0.2) is 43.9 Å². The van der Waals surface area contributed by atoms with Crippen LogP contribution in [0.1, 0.15) is 31.5 Å². The number of ether oxygens (including phenoxy) is 1. The maximum atomic E-state index is 14.3. The van der Waals surface area contributed by atoms with Gasteiger partial charge in [-0.15, -0.1) is 0 Å². The summed E-state index contributed by atoms with van der Waals surface area (Å²) in [5, 5.41) is 11.8. The molecule has 0 saturated carbocycles. The smallest absolute Gasteiger partial charge is 0.417 e. The summed E-state index contributed by atoms with van der Waals surface area (Å²) in [5.41, 5.74) is -1.19. The second-order valence-electron chi connectivity index (χ2n) is 9.07. The van der Waals surface area contributed by atoms with E-state index >= 15 is 0 Å². The van der Waals surface area contributed by atoms with Gasteiger partial charge in [0.15, 0.2) is 5.60 Å². The van der Waals surface area contributed by atoms with E-state index in [-0.39, 0.29) is 5.69 Å². The van der Waals surface area contributed by atoms with E-state index in [0.717, 1.165) is 16.5 Å². The topological polar surface area (TPSA) is 83.9 Å². The number of halogens is 3. The number of alkyl halides is 3. The van der Waals surface area contributed by atoms with Crippen molar-refractivity contribution >= 4 is 10.9 Å². The monoisotopic (exact) mass is 470 g/mol. The summed E-state index contributed by atoms with van der Waals surface area (Å²) in [6, 6.07) is 8.58. The Morgan fingerprint density at radius 1 is 0.971 bits per heavy atom. The zero-order valence-electron chi connectivity index (χ0n) is 19.0. The van der Waals surface area contributed by atoms with Crippen LogP contribution >= 0.6 is 0 Å². The Morgan fingerprint density at radius 3 is 2.35 bits per heavy atom. The van der Waals surface area contributed by atoms with Crippen molar-refractivity contribution < 1.29 is 23.0 Å². The molecule has 0 saturated heterocycles. The molecule has 9 heteroatoms. The van der Waals surface area contributed by atoms with Gasteiger partial charge in [-0.2, -0.15) is 13.2 Å². The van der Waals surface area contributed by atoms with Gasteiger partial charge in [-0.05, 0) is 41.7 Å². The van der Waals surface area contributed by atoms with E-state index in [1.54, 1.807) is 69.0 Å². The van der Waals surface area contributed by atoms with Crippen molar-refractivity contribution in [3.63, 3.8) is 0 Å². The third-order valence-electron chi connectivity index (χ3n) is 6.05. The molecule has 4 aromatic rings. The van der Waals surface area contributed by atoms with Crippen molar-refractivity contribution in [3.8, 4) is 16.9 Å². The molecule has 3 heterocycles. The average molecular weight is 470 g/mol. The molecule has 1 atom stereocenters. The van der Waals surface area contributed by atoms with Crippen LogP contribution in [0.4, 0.5) is 13.2 Å². The molecule has 34 heavy (non-hydrogen) atoms. The first-order valence-electron chi connectivity index (χ1n) is 10.7. The molecular formula is C25H25F3N4O2. The number of methoxy groups -OCH3 is 1. The van der Waals surface area contributed by atoms with Crippen LogP contribution in [0.25, 0.3) is 22.0 Å². The highest BCUT2D eigenvalue weighted by Gasteiger charge is 2.56. The van der Waals surface area contributed by atoms with Crippen molar-refractivity contribution in [2.24, 2.45) is 0 Å². The van der Waals surface area contributed by atoms with Gasteiger partial charge >= 0.3 is 6.18 Å². The number of hydrogen-bond acceptors (Lipinski definition) is 5. The highest BCUT2D eigenvalue weighted by molar-refractivity contribution is 5.79. The molecule has 6 nitrogen and oxygen atoms in total. The second kappa shape index (κ2) is 8.72. The largest absolute Gasteiger partial charge is 0.496 e. The summed E-state index contributed by atoms with van der Waals surface area (Å²) in [7, 11) is 1.47. The first-order valence-corrected chi connectivity index (χ1v) is 10.7. The fraction of sp³-hybridized carbons (Fsp3) is 0.320.